The van der Waals surface area contributed by atoms with Crippen molar-refractivity contribution in [2.45, 2.75) is 36.0 Å². The molecule has 50 heavy (non-hydrogen) atoms. The number of amides is 1. The summed E-state index contributed by atoms with van der Waals surface area (Å²) in [5.41, 5.74) is 4.76. The van der Waals surface area contributed by atoms with Crippen LogP contribution >= 0.6 is 22.7 Å². The van der Waals surface area contributed by atoms with Gasteiger partial charge in [-0.15, -0.1) is 22.7 Å². The molecule has 0 radical (unpaired) electrons. The van der Waals surface area contributed by atoms with Gasteiger partial charge < -0.3 is 20.5 Å². The molecule has 0 spiro atoms. The van der Waals surface area contributed by atoms with E-state index in [-0.39, 0.29) is 35.7 Å². The summed E-state index contributed by atoms with van der Waals surface area (Å²) >= 11 is 2.74. The third-order valence-corrected chi connectivity index (χ3v) is 12.1. The monoisotopic (exact) mass is 728 g/mol. The van der Waals surface area contributed by atoms with Crippen molar-refractivity contribution in [3.05, 3.63) is 148 Å². The molecule has 11 nitrogen and oxygen atoms in total. The van der Waals surface area contributed by atoms with Gasteiger partial charge in [0.05, 0.1) is 53.1 Å². The number of thiazole rings is 1. The number of nitrogens with one attached hydrogen (secondary N) is 3. The van der Waals surface area contributed by atoms with E-state index in [2.05, 4.69) is 32.4 Å². The van der Waals surface area contributed by atoms with Crippen LogP contribution in [0.3, 0.4) is 0 Å². The molecule has 0 aliphatic heterocycles. The topological polar surface area (TPSA) is 150 Å². The largest absolute Gasteiger partial charge is 0.483 e. The fourth-order valence-corrected chi connectivity index (χ4v) is 9.13. The lowest BCUT2D eigenvalue weighted by Crippen LogP contribution is -2.47. The lowest BCUT2D eigenvalue weighted by atomic mass is 9.84. The predicted octanol–water partition coefficient (Wildman–Crippen LogP) is 5.53. The number of ether oxygens (including phenoxy) is 1. The number of aromatic amines is 1. The van der Waals surface area contributed by atoms with E-state index in [0.717, 1.165) is 20.7 Å². The van der Waals surface area contributed by atoms with Gasteiger partial charge in [-0.25, -0.2) is 13.4 Å². The van der Waals surface area contributed by atoms with E-state index in [1.54, 1.807) is 42.2 Å². The first-order chi connectivity index (χ1) is 24.3. The van der Waals surface area contributed by atoms with Crippen molar-refractivity contribution in [3.8, 4) is 0 Å². The molecule has 3 heterocycles. The van der Waals surface area contributed by atoms with Crippen LogP contribution in [0.5, 0.6) is 0 Å². The fourth-order valence-electron chi connectivity index (χ4n) is 5.75. The van der Waals surface area contributed by atoms with Gasteiger partial charge >= 0.3 is 0 Å². The SMILES string of the molecule is C=C(N[C@H](C(=O)NCc1ccc([C@H](CO)N(Cc2cn[nH]c2)S(=O)(=O)c2ccc3scnc3c2)s1)C(c1ccccc1)c1ccccc1)OC. The second-order valence-electron chi connectivity index (χ2n) is 11.4. The van der Waals surface area contributed by atoms with Crippen molar-refractivity contribution >= 4 is 48.8 Å². The Morgan fingerprint density at radius 2 is 1.76 bits per heavy atom. The van der Waals surface area contributed by atoms with Gasteiger partial charge in [0, 0.05) is 34.0 Å². The van der Waals surface area contributed by atoms with Crippen molar-refractivity contribution in [2.24, 2.45) is 0 Å². The van der Waals surface area contributed by atoms with Gasteiger partial charge in [0.25, 0.3) is 0 Å². The summed E-state index contributed by atoms with van der Waals surface area (Å²) in [7, 11) is -2.62. The van der Waals surface area contributed by atoms with Crippen LogP contribution in [0.25, 0.3) is 10.2 Å². The summed E-state index contributed by atoms with van der Waals surface area (Å²) < 4.78 is 35.9. The zero-order valence-electron chi connectivity index (χ0n) is 27.1. The number of H-pyrrole nitrogens is 1. The standard InChI is InChI=1S/C36H36N6O5S3/c1-24(47-2)41-35(34(26-9-5-3-6-10-26)27-11-7-4-8-12-27)36(44)37-20-28-13-15-33(49-28)31(22-43)42(21-25-18-39-40-19-25)50(45,46)29-14-16-32-30(17-29)38-23-48-32/h3-19,23,31,34-35,41,43H,1,20-22H2,2H3,(H,37,44)(H,39,40)/t31-,35-/m0/s1. The number of hydrogen-bond donors (Lipinski definition) is 4. The van der Waals surface area contributed by atoms with E-state index in [1.807, 2.05) is 66.7 Å². The number of aliphatic hydroxyl groups excluding tert-OH is 1. The number of nitrogens with zero attached hydrogens (tertiary/aromatic N) is 3. The molecule has 3 aromatic heterocycles. The Balaban J connectivity index is 1.26. The number of carbonyl (C=O) groups is 1. The minimum atomic E-state index is -4.11. The summed E-state index contributed by atoms with van der Waals surface area (Å²) in [6.45, 7) is 3.59. The van der Waals surface area contributed by atoms with Crippen LogP contribution < -0.4 is 10.6 Å². The van der Waals surface area contributed by atoms with Crippen LogP contribution in [0, 0.1) is 0 Å². The minimum Gasteiger partial charge on any atom is -0.483 e. The molecule has 6 rings (SSSR count). The highest BCUT2D eigenvalue weighted by Gasteiger charge is 2.35. The van der Waals surface area contributed by atoms with Gasteiger partial charge in [0.1, 0.15) is 6.04 Å². The van der Waals surface area contributed by atoms with Gasteiger partial charge in [-0.1, -0.05) is 60.7 Å². The second-order valence-corrected chi connectivity index (χ2v) is 15.4. The molecule has 6 aromatic rings. The van der Waals surface area contributed by atoms with Crippen LogP contribution in [-0.2, 0) is 32.6 Å². The normalized spacial score (nSPS) is 13.0. The van der Waals surface area contributed by atoms with Crippen molar-refractivity contribution in [3.63, 3.8) is 0 Å². The summed E-state index contributed by atoms with van der Waals surface area (Å²) in [6.07, 6.45) is 3.17. The fraction of sp³-hybridized carbons (Fsp3) is 0.194. The number of rotatable bonds is 16. The molecule has 0 saturated carbocycles. The van der Waals surface area contributed by atoms with E-state index in [4.69, 9.17) is 4.74 Å². The Bertz CT molecular complexity index is 2100. The van der Waals surface area contributed by atoms with Gasteiger partial charge in [-0.05, 0) is 48.0 Å². The molecule has 4 N–H and O–H groups in total. The van der Waals surface area contributed by atoms with Crippen LogP contribution in [0.15, 0.2) is 126 Å². The first-order valence-corrected chi connectivity index (χ1v) is 18.8. The molecule has 0 aliphatic rings. The molecular formula is C36H36N6O5S3. The molecule has 0 fully saturated rings. The average molecular weight is 729 g/mol. The van der Waals surface area contributed by atoms with Gasteiger partial charge in [0.15, 0.2) is 5.88 Å². The molecule has 0 bridgehead atoms. The number of aromatic nitrogens is 3. The van der Waals surface area contributed by atoms with Gasteiger partial charge in [-0.2, -0.15) is 9.40 Å². The zero-order chi connectivity index (χ0) is 35.1. The van der Waals surface area contributed by atoms with E-state index in [0.29, 0.717) is 16.0 Å². The number of benzene rings is 3. The average Bonchev–Trinajstić information content (AvgIpc) is 3.94. The molecular weight excluding hydrogens is 693 g/mol. The van der Waals surface area contributed by atoms with Gasteiger partial charge in [0.2, 0.25) is 15.9 Å². The Morgan fingerprint density at radius 3 is 2.40 bits per heavy atom. The van der Waals surface area contributed by atoms with Crippen LogP contribution in [-0.4, -0.2) is 58.7 Å². The van der Waals surface area contributed by atoms with Crippen LogP contribution in [0.4, 0.5) is 0 Å². The number of aliphatic hydroxyl groups is 1. The molecule has 2 atom stereocenters. The maximum Gasteiger partial charge on any atom is 0.244 e. The zero-order valence-corrected chi connectivity index (χ0v) is 29.5. The molecule has 1 amide bonds. The highest BCUT2D eigenvalue weighted by molar-refractivity contribution is 7.89. The van der Waals surface area contributed by atoms with Crippen molar-refractivity contribution in [1.82, 2.24) is 30.1 Å². The number of methoxy groups -OCH3 is 1. The molecule has 14 heteroatoms. The summed E-state index contributed by atoms with van der Waals surface area (Å²) in [6, 6.07) is 26.3. The third kappa shape index (κ3) is 7.79. The Hall–Kier alpha value is -4.86. The maximum atomic E-state index is 14.2. The highest BCUT2D eigenvalue weighted by atomic mass is 32.2. The van der Waals surface area contributed by atoms with E-state index in [9.17, 15) is 18.3 Å². The molecule has 0 aliphatic carbocycles. The molecule has 258 valence electrons. The number of sulfonamides is 1. The summed E-state index contributed by atoms with van der Waals surface area (Å²) in [5, 5.41) is 23.6. The Kier molecular flexibility index (Phi) is 11.0. The van der Waals surface area contributed by atoms with E-state index >= 15 is 0 Å². The first kappa shape index (κ1) is 35.0. The lowest BCUT2D eigenvalue weighted by Gasteiger charge is -2.29. The Morgan fingerprint density at radius 1 is 1.04 bits per heavy atom. The quantitative estimate of drug-likeness (QED) is 0.0952. The summed E-state index contributed by atoms with van der Waals surface area (Å²) in [5.74, 6) is -0.401. The summed E-state index contributed by atoms with van der Waals surface area (Å²) in [4.78, 5) is 19.8. The third-order valence-electron chi connectivity index (χ3n) is 8.27. The first-order valence-electron chi connectivity index (χ1n) is 15.7. The number of fused-ring (bicyclic) bond motifs is 1. The van der Waals surface area contributed by atoms with Gasteiger partial charge in [-0.3, -0.25) is 9.89 Å². The molecule has 0 saturated heterocycles. The minimum absolute atomic E-state index is 0.0276. The predicted molar refractivity (Wildman–Crippen MR) is 195 cm³/mol. The lowest BCUT2D eigenvalue weighted by molar-refractivity contribution is -0.123. The van der Waals surface area contributed by atoms with E-state index < -0.39 is 28.7 Å². The highest BCUT2D eigenvalue weighted by Crippen LogP contribution is 2.35. The van der Waals surface area contributed by atoms with Crippen molar-refractivity contribution < 1.29 is 23.1 Å². The smallest absolute Gasteiger partial charge is 0.244 e. The maximum absolute atomic E-state index is 14.2. The van der Waals surface area contributed by atoms with Crippen molar-refractivity contribution in [2.75, 3.05) is 13.7 Å². The Labute approximate surface area is 298 Å². The second kappa shape index (κ2) is 15.8. The molecule has 3 aromatic carbocycles. The van der Waals surface area contributed by atoms with Crippen LogP contribution in [0.1, 0.15) is 38.4 Å². The van der Waals surface area contributed by atoms with E-state index in [1.165, 1.54) is 34.1 Å². The molecule has 0 unspecified atom stereocenters. The number of hydrogen-bond acceptors (Lipinski definition) is 10. The number of thiophene rings is 1. The number of carbonyl (C=O) groups excluding carboxylic acids is 1. The van der Waals surface area contributed by atoms with Crippen molar-refractivity contribution in [1.29, 1.82) is 0 Å². The van der Waals surface area contributed by atoms with Crippen LogP contribution in [0.2, 0.25) is 0 Å².